The lowest BCUT2D eigenvalue weighted by Gasteiger charge is -2.33. The molecule has 4 aromatic rings. The van der Waals surface area contributed by atoms with E-state index in [1.165, 1.54) is 0 Å². The van der Waals surface area contributed by atoms with Crippen molar-refractivity contribution in [3.63, 3.8) is 0 Å². The zero-order valence-electron chi connectivity index (χ0n) is 17.2. The zero-order valence-corrected chi connectivity index (χ0v) is 17.2. The monoisotopic (exact) mass is 417 g/mol. The first-order valence-corrected chi connectivity index (χ1v) is 10.2. The van der Waals surface area contributed by atoms with Crippen LogP contribution in [0, 0.1) is 0 Å². The molecular weight excluding hydrogens is 394 g/mol. The lowest BCUT2D eigenvalue weighted by Crippen LogP contribution is -2.48. The van der Waals surface area contributed by atoms with Crippen molar-refractivity contribution in [1.29, 1.82) is 0 Å². The summed E-state index contributed by atoms with van der Waals surface area (Å²) in [5.74, 6) is 1.36. The van der Waals surface area contributed by atoms with Crippen molar-refractivity contribution in [2.75, 3.05) is 33.3 Å². The average Bonchev–Trinajstić information content (AvgIpc) is 3.46. The van der Waals surface area contributed by atoms with E-state index in [-0.39, 0.29) is 5.91 Å². The molecule has 1 N–H and O–H groups in total. The highest BCUT2D eigenvalue weighted by atomic mass is 16.5. The molecule has 158 valence electrons. The van der Waals surface area contributed by atoms with Crippen LogP contribution in [0.3, 0.4) is 0 Å². The van der Waals surface area contributed by atoms with Crippen LogP contribution in [0.15, 0.2) is 59.2 Å². The number of para-hydroxylation sites is 1. The molecule has 0 unspecified atom stereocenters. The van der Waals surface area contributed by atoms with E-state index in [9.17, 15) is 4.79 Å². The number of aromatic nitrogens is 3. The maximum Gasteiger partial charge on any atom is 0.275 e. The number of hydrogen-bond acceptors (Lipinski definition) is 6. The quantitative estimate of drug-likeness (QED) is 0.537. The highest BCUT2D eigenvalue weighted by Crippen LogP contribution is 2.23. The van der Waals surface area contributed by atoms with Crippen LogP contribution in [0.2, 0.25) is 0 Å². The predicted molar refractivity (Wildman–Crippen MR) is 116 cm³/mol. The molecule has 0 radical (unpaired) electrons. The van der Waals surface area contributed by atoms with E-state index >= 15 is 0 Å². The molecule has 0 spiro atoms. The molecule has 0 atom stereocenters. The molecule has 5 rings (SSSR count). The maximum absolute atomic E-state index is 12.9. The van der Waals surface area contributed by atoms with Crippen LogP contribution in [-0.2, 0) is 6.54 Å². The van der Waals surface area contributed by atoms with Crippen molar-refractivity contribution in [3.8, 4) is 17.2 Å². The summed E-state index contributed by atoms with van der Waals surface area (Å²) >= 11 is 0. The first kappa shape index (κ1) is 19.3. The standard InChI is InChI=1S/C23H23N5O3/c1-30-18-8-6-16(7-9-18)22-24-17(15-31-22)14-27-10-12-28(13-11-27)23(29)21-19-4-2-3-5-20(19)25-26-21/h2-9,15H,10-14H2,1H3,(H,25,26). The smallest absolute Gasteiger partial charge is 0.275 e. The first-order chi connectivity index (χ1) is 15.2. The number of methoxy groups -OCH3 is 1. The third-order valence-corrected chi connectivity index (χ3v) is 5.61. The van der Waals surface area contributed by atoms with Gasteiger partial charge in [0.25, 0.3) is 5.91 Å². The average molecular weight is 417 g/mol. The Kier molecular flexibility index (Phi) is 5.13. The molecule has 2 aromatic heterocycles. The molecule has 0 saturated carbocycles. The number of rotatable bonds is 5. The summed E-state index contributed by atoms with van der Waals surface area (Å²) in [5, 5.41) is 8.04. The minimum atomic E-state index is -0.0275. The maximum atomic E-state index is 12.9. The molecular formula is C23H23N5O3. The zero-order chi connectivity index (χ0) is 21.2. The second-order valence-corrected chi connectivity index (χ2v) is 7.56. The first-order valence-electron chi connectivity index (χ1n) is 10.2. The molecule has 8 nitrogen and oxygen atoms in total. The Morgan fingerprint density at radius 1 is 1.10 bits per heavy atom. The van der Waals surface area contributed by atoms with Crippen molar-refractivity contribution in [3.05, 3.63) is 66.2 Å². The van der Waals surface area contributed by atoms with Crippen molar-refractivity contribution in [2.24, 2.45) is 0 Å². The van der Waals surface area contributed by atoms with Gasteiger partial charge in [0, 0.05) is 43.7 Å². The summed E-state index contributed by atoms with van der Waals surface area (Å²) in [6.45, 7) is 3.55. The van der Waals surface area contributed by atoms with Gasteiger partial charge in [-0.1, -0.05) is 18.2 Å². The van der Waals surface area contributed by atoms with Crippen LogP contribution >= 0.6 is 0 Å². The third-order valence-electron chi connectivity index (χ3n) is 5.61. The van der Waals surface area contributed by atoms with Crippen LogP contribution in [0.1, 0.15) is 16.2 Å². The van der Waals surface area contributed by atoms with E-state index in [4.69, 9.17) is 9.15 Å². The number of nitrogens with zero attached hydrogens (tertiary/aromatic N) is 4. The van der Waals surface area contributed by atoms with Crippen LogP contribution in [-0.4, -0.2) is 64.2 Å². The highest BCUT2D eigenvalue weighted by Gasteiger charge is 2.25. The van der Waals surface area contributed by atoms with E-state index < -0.39 is 0 Å². The fourth-order valence-electron chi connectivity index (χ4n) is 3.86. The molecule has 1 aliphatic rings. The van der Waals surface area contributed by atoms with Crippen LogP contribution < -0.4 is 4.74 Å². The molecule has 1 aliphatic heterocycles. The third kappa shape index (κ3) is 3.89. The Labute approximate surface area is 179 Å². The largest absolute Gasteiger partial charge is 0.497 e. The number of nitrogens with one attached hydrogen (secondary N) is 1. The number of hydrogen-bond donors (Lipinski definition) is 1. The minimum absolute atomic E-state index is 0.0275. The van der Waals surface area contributed by atoms with Gasteiger partial charge in [-0.2, -0.15) is 5.10 Å². The fourth-order valence-corrected chi connectivity index (χ4v) is 3.86. The fraction of sp³-hybridized carbons (Fsp3) is 0.261. The van der Waals surface area contributed by atoms with E-state index in [2.05, 4.69) is 20.1 Å². The molecule has 0 bridgehead atoms. The Morgan fingerprint density at radius 2 is 1.87 bits per heavy atom. The minimum Gasteiger partial charge on any atom is -0.497 e. The summed E-state index contributed by atoms with van der Waals surface area (Å²) in [4.78, 5) is 21.7. The van der Waals surface area contributed by atoms with Crippen LogP contribution in [0.4, 0.5) is 0 Å². The summed E-state index contributed by atoms with van der Waals surface area (Å²) in [6.07, 6.45) is 1.70. The van der Waals surface area contributed by atoms with Gasteiger partial charge in [-0.3, -0.25) is 14.8 Å². The van der Waals surface area contributed by atoms with E-state index in [1.54, 1.807) is 13.4 Å². The number of H-pyrrole nitrogens is 1. The Morgan fingerprint density at radius 3 is 2.65 bits per heavy atom. The van der Waals surface area contributed by atoms with Crippen molar-refractivity contribution in [2.45, 2.75) is 6.54 Å². The number of oxazole rings is 1. The molecule has 2 aromatic carbocycles. The van der Waals surface area contributed by atoms with Gasteiger partial charge >= 0.3 is 0 Å². The second kappa shape index (κ2) is 8.23. The van der Waals surface area contributed by atoms with E-state index in [0.29, 0.717) is 31.2 Å². The summed E-state index contributed by atoms with van der Waals surface area (Å²) in [7, 11) is 1.64. The van der Waals surface area contributed by atoms with Gasteiger partial charge in [-0.25, -0.2) is 4.98 Å². The molecule has 0 aliphatic carbocycles. The van der Waals surface area contributed by atoms with E-state index in [0.717, 1.165) is 41.0 Å². The lowest BCUT2D eigenvalue weighted by atomic mass is 10.2. The van der Waals surface area contributed by atoms with E-state index in [1.807, 2.05) is 53.4 Å². The number of piperazine rings is 1. The van der Waals surface area contributed by atoms with Gasteiger partial charge in [0.2, 0.25) is 5.89 Å². The highest BCUT2D eigenvalue weighted by molar-refractivity contribution is 6.04. The molecule has 1 fully saturated rings. The molecule has 31 heavy (non-hydrogen) atoms. The normalized spacial score (nSPS) is 14.8. The van der Waals surface area contributed by atoms with Gasteiger partial charge in [0.15, 0.2) is 5.69 Å². The second-order valence-electron chi connectivity index (χ2n) is 7.56. The molecule has 8 heteroatoms. The van der Waals surface area contributed by atoms with Gasteiger partial charge < -0.3 is 14.1 Å². The van der Waals surface area contributed by atoms with Gasteiger partial charge in [-0.15, -0.1) is 0 Å². The number of ether oxygens (including phenoxy) is 1. The Balaban J connectivity index is 1.19. The van der Waals surface area contributed by atoms with Crippen molar-refractivity contribution < 1.29 is 13.9 Å². The number of fused-ring (bicyclic) bond motifs is 1. The molecule has 3 heterocycles. The Bertz CT molecular complexity index is 1190. The topological polar surface area (TPSA) is 87.5 Å². The van der Waals surface area contributed by atoms with Gasteiger partial charge in [-0.05, 0) is 30.3 Å². The van der Waals surface area contributed by atoms with Crippen LogP contribution in [0.5, 0.6) is 5.75 Å². The summed E-state index contributed by atoms with van der Waals surface area (Å²) in [6, 6.07) is 15.3. The van der Waals surface area contributed by atoms with Crippen LogP contribution in [0.25, 0.3) is 22.4 Å². The Hall–Kier alpha value is -3.65. The van der Waals surface area contributed by atoms with Crippen molar-refractivity contribution >= 4 is 16.8 Å². The number of carbonyl (C=O) groups excluding carboxylic acids is 1. The summed E-state index contributed by atoms with van der Waals surface area (Å²) in [5.41, 5.74) is 3.16. The number of aromatic amines is 1. The number of benzene rings is 2. The van der Waals surface area contributed by atoms with Gasteiger partial charge in [0.05, 0.1) is 18.3 Å². The molecule has 1 amide bonds. The number of amides is 1. The molecule has 1 saturated heterocycles. The summed E-state index contributed by atoms with van der Waals surface area (Å²) < 4.78 is 10.8. The number of carbonyl (C=O) groups is 1. The predicted octanol–water partition coefficient (Wildman–Crippen LogP) is 3.18. The SMILES string of the molecule is COc1ccc(-c2nc(CN3CCN(C(=O)c4n[nH]c5ccccc45)CC3)co2)cc1. The lowest BCUT2D eigenvalue weighted by molar-refractivity contribution is 0.0623. The van der Waals surface area contributed by atoms with Crippen molar-refractivity contribution in [1.82, 2.24) is 25.0 Å². The van der Waals surface area contributed by atoms with Gasteiger partial charge in [0.1, 0.15) is 12.0 Å².